The monoisotopic (exact) mass is 391 g/mol. The molecule has 0 aliphatic rings. The number of fused-ring (bicyclic) bond motifs is 1. The Bertz CT molecular complexity index is 913. The van der Waals surface area contributed by atoms with E-state index in [0.717, 1.165) is 10.9 Å². The Balaban J connectivity index is 2.14. The van der Waals surface area contributed by atoms with Crippen LogP contribution in [0.1, 0.15) is 0 Å². The number of nitrogens with zero attached hydrogens (tertiary/aromatic N) is 2. The van der Waals surface area contributed by atoms with Gasteiger partial charge in [-0.1, -0.05) is 0 Å². The predicted molar refractivity (Wildman–Crippen MR) is 91.6 cm³/mol. The zero-order valence-corrected chi connectivity index (χ0v) is 14.9. The summed E-state index contributed by atoms with van der Waals surface area (Å²) >= 11 is -3.63. The number of aromatic nitrogens is 2. The van der Waals surface area contributed by atoms with Crippen molar-refractivity contribution in [3.05, 3.63) is 48.5 Å². The first-order valence-electron chi connectivity index (χ1n) is 6.72. The molecular formula is C15H14AsN3O3S. The Kier molecular flexibility index (Phi) is 4.45. The summed E-state index contributed by atoms with van der Waals surface area (Å²) in [7, 11) is 0. The average Bonchev–Trinajstić information content (AvgIpc) is 2.54. The molecule has 1 aromatic heterocycles. The number of benzene rings is 2. The van der Waals surface area contributed by atoms with E-state index in [1.54, 1.807) is 18.2 Å². The fraction of sp³-hybridized carbons (Fsp3) is 0.0667. The standard InChI is InChI=1S/C15H14AsN3O3S/c1-23-15-18-12-8-4-2-6-10(12)14(19-15)17-13-9-5-3-7-11(13)16(20,21)22/h2-9H,1H3,(H,17,18,19)(H2,20,21,22). The molecule has 3 rings (SSSR count). The van der Waals surface area contributed by atoms with E-state index in [4.69, 9.17) is 0 Å². The minimum absolute atomic E-state index is 0.000908. The molecule has 0 aliphatic heterocycles. The zero-order valence-electron chi connectivity index (χ0n) is 12.2. The van der Waals surface area contributed by atoms with Gasteiger partial charge in [-0.25, -0.2) is 0 Å². The van der Waals surface area contributed by atoms with Gasteiger partial charge in [0.1, 0.15) is 0 Å². The van der Waals surface area contributed by atoms with Crippen LogP contribution in [0, 0.1) is 0 Å². The number of rotatable bonds is 4. The molecule has 1 heterocycles. The van der Waals surface area contributed by atoms with Gasteiger partial charge in [0.2, 0.25) is 0 Å². The van der Waals surface area contributed by atoms with E-state index in [1.807, 2.05) is 30.5 Å². The van der Waals surface area contributed by atoms with Gasteiger partial charge in [-0.05, 0) is 0 Å². The maximum absolute atomic E-state index is 11.7. The third-order valence-electron chi connectivity index (χ3n) is 3.24. The zero-order chi connectivity index (χ0) is 16.4. The maximum atomic E-state index is 11.7. The van der Waals surface area contributed by atoms with Crippen molar-refractivity contribution in [3.63, 3.8) is 0 Å². The number of para-hydroxylation sites is 2. The number of hydrogen-bond acceptors (Lipinski definition) is 5. The van der Waals surface area contributed by atoms with Gasteiger partial charge in [-0.3, -0.25) is 0 Å². The van der Waals surface area contributed by atoms with Gasteiger partial charge in [0.15, 0.2) is 0 Å². The van der Waals surface area contributed by atoms with Crippen LogP contribution in [0.15, 0.2) is 53.7 Å². The van der Waals surface area contributed by atoms with E-state index >= 15 is 0 Å². The molecule has 0 saturated carbocycles. The van der Waals surface area contributed by atoms with Crippen LogP contribution in [0.4, 0.5) is 11.5 Å². The van der Waals surface area contributed by atoms with Gasteiger partial charge in [0.05, 0.1) is 0 Å². The van der Waals surface area contributed by atoms with E-state index in [-0.39, 0.29) is 4.35 Å². The molecule has 6 nitrogen and oxygen atoms in total. The van der Waals surface area contributed by atoms with Crippen LogP contribution in [0.3, 0.4) is 0 Å². The summed E-state index contributed by atoms with van der Waals surface area (Å²) in [6.45, 7) is 0. The van der Waals surface area contributed by atoms with Crippen molar-refractivity contribution < 1.29 is 11.9 Å². The fourth-order valence-corrected chi connectivity index (χ4v) is 4.10. The van der Waals surface area contributed by atoms with E-state index in [1.165, 1.54) is 17.8 Å². The van der Waals surface area contributed by atoms with Crippen molar-refractivity contribution in [1.82, 2.24) is 9.97 Å². The van der Waals surface area contributed by atoms with Gasteiger partial charge in [0.25, 0.3) is 0 Å². The van der Waals surface area contributed by atoms with Crippen molar-refractivity contribution in [2.45, 2.75) is 5.16 Å². The molecule has 0 amide bonds. The van der Waals surface area contributed by atoms with Gasteiger partial charge < -0.3 is 0 Å². The third kappa shape index (κ3) is 3.43. The predicted octanol–water partition coefficient (Wildman–Crippen LogP) is 1.66. The first-order chi connectivity index (χ1) is 11.0. The van der Waals surface area contributed by atoms with Crippen molar-refractivity contribution in [3.8, 4) is 0 Å². The summed E-state index contributed by atoms with van der Waals surface area (Å²) < 4.78 is 30.8. The molecule has 2 aromatic carbocycles. The van der Waals surface area contributed by atoms with Gasteiger partial charge in [0, 0.05) is 0 Å². The van der Waals surface area contributed by atoms with Crippen LogP contribution in [-0.4, -0.2) is 38.6 Å². The molecule has 8 heteroatoms. The molecule has 0 atom stereocenters. The van der Waals surface area contributed by atoms with Crippen LogP contribution in [-0.2, 0) is 3.74 Å². The molecule has 0 aliphatic carbocycles. The van der Waals surface area contributed by atoms with E-state index < -0.39 is 14.2 Å². The fourth-order valence-electron chi connectivity index (χ4n) is 2.20. The van der Waals surface area contributed by atoms with Crippen molar-refractivity contribution in [2.75, 3.05) is 11.6 Å². The second-order valence-electron chi connectivity index (χ2n) is 4.76. The van der Waals surface area contributed by atoms with Gasteiger partial charge in [-0.15, -0.1) is 0 Å². The number of anilines is 2. The molecule has 0 unspecified atom stereocenters. The molecule has 0 spiro atoms. The molecule has 0 bridgehead atoms. The molecule has 0 fully saturated rings. The van der Waals surface area contributed by atoms with E-state index in [9.17, 15) is 11.9 Å². The summed E-state index contributed by atoms with van der Waals surface area (Å²) in [5.74, 6) is 0.524. The quantitative estimate of drug-likeness (QED) is 0.354. The molecule has 3 N–H and O–H groups in total. The normalized spacial score (nSPS) is 11.6. The van der Waals surface area contributed by atoms with Crippen molar-refractivity contribution >= 4 is 52.7 Å². The van der Waals surface area contributed by atoms with Crippen molar-refractivity contribution in [2.24, 2.45) is 0 Å². The number of nitrogens with one attached hydrogen (secondary N) is 1. The summed E-state index contributed by atoms with van der Waals surface area (Å²) in [6.07, 6.45) is 1.88. The van der Waals surface area contributed by atoms with E-state index in [0.29, 0.717) is 16.7 Å². The Morgan fingerprint density at radius 2 is 1.74 bits per heavy atom. The molecule has 118 valence electrons. The molecule has 0 radical (unpaired) electrons. The molecule has 3 aromatic rings. The summed E-state index contributed by atoms with van der Waals surface area (Å²) in [6, 6.07) is 13.9. The topological polar surface area (TPSA) is 95.3 Å². The summed E-state index contributed by atoms with van der Waals surface area (Å²) in [5.41, 5.74) is 1.13. The second kappa shape index (κ2) is 6.37. The van der Waals surface area contributed by atoms with Crippen molar-refractivity contribution in [1.29, 1.82) is 0 Å². The molecule has 0 saturated heterocycles. The second-order valence-corrected chi connectivity index (χ2v) is 8.83. The number of thioether (sulfide) groups is 1. The third-order valence-corrected chi connectivity index (χ3v) is 5.92. The SMILES string of the molecule is CSc1nc(Nc2ccccc2[As](=O)(O)O)c2ccccc2n1. The summed E-state index contributed by atoms with van der Waals surface area (Å²) in [5, 5.41) is 4.43. The Morgan fingerprint density at radius 1 is 1.04 bits per heavy atom. The van der Waals surface area contributed by atoms with Crippen LogP contribution in [0.25, 0.3) is 10.9 Å². The first kappa shape index (κ1) is 16.1. The van der Waals surface area contributed by atoms with Crippen LogP contribution in [0.2, 0.25) is 0 Å². The van der Waals surface area contributed by atoms with Crippen LogP contribution >= 0.6 is 11.8 Å². The Morgan fingerprint density at radius 3 is 2.48 bits per heavy atom. The Hall–Kier alpha value is -1.79. The van der Waals surface area contributed by atoms with Crippen LogP contribution in [0.5, 0.6) is 0 Å². The van der Waals surface area contributed by atoms with Gasteiger partial charge in [-0.2, -0.15) is 0 Å². The molecular weight excluding hydrogens is 377 g/mol. The van der Waals surface area contributed by atoms with Gasteiger partial charge >= 0.3 is 140 Å². The molecule has 23 heavy (non-hydrogen) atoms. The minimum atomic E-state index is -5.04. The average molecular weight is 391 g/mol. The van der Waals surface area contributed by atoms with E-state index in [2.05, 4.69) is 15.3 Å². The number of hydrogen-bond donors (Lipinski definition) is 3. The Labute approximate surface area is 140 Å². The summed E-state index contributed by atoms with van der Waals surface area (Å²) in [4.78, 5) is 8.86. The van der Waals surface area contributed by atoms with Crippen LogP contribution < -0.4 is 9.67 Å². The first-order valence-corrected chi connectivity index (χ1v) is 11.3.